The van der Waals surface area contributed by atoms with Gasteiger partial charge in [-0.3, -0.25) is 0 Å². The van der Waals surface area contributed by atoms with Gasteiger partial charge in [-0.25, -0.2) is 0 Å². The van der Waals surface area contributed by atoms with Gasteiger partial charge < -0.3 is 0 Å². The van der Waals surface area contributed by atoms with E-state index in [1.54, 1.807) is 0 Å². The van der Waals surface area contributed by atoms with Crippen LogP contribution in [0.1, 0.15) is 0 Å². The zero-order valence-electron chi connectivity index (χ0n) is 2.99. The summed E-state index contributed by atoms with van der Waals surface area (Å²) in [5.74, 6) is 0. The second-order valence-corrected chi connectivity index (χ2v) is 3.79. The molecule has 0 amide bonds. The van der Waals surface area contributed by atoms with E-state index in [2.05, 4.69) is 16.2 Å². The first-order chi connectivity index (χ1) is 3.06. The summed E-state index contributed by atoms with van der Waals surface area (Å²) in [7, 11) is 0. The number of hydrogen-bond donors (Lipinski definition) is 0. The summed E-state index contributed by atoms with van der Waals surface area (Å²) in [5, 5.41) is 0. The zero-order chi connectivity index (χ0) is 5.91. The van der Waals surface area contributed by atoms with Gasteiger partial charge in [-0.15, -0.1) is 12.4 Å². The smallest absolute Gasteiger partial charge is 0.195 e. The van der Waals surface area contributed by atoms with Crippen molar-refractivity contribution in [2.24, 2.45) is 3.77 Å². The molecule has 0 aromatic heterocycles. The average molecular weight is 182 g/mol. The van der Waals surface area contributed by atoms with Crippen LogP contribution in [0.2, 0.25) is 0 Å². The summed E-state index contributed by atoms with van der Waals surface area (Å²) in [5.41, 5.74) is 0. The van der Waals surface area contributed by atoms with Gasteiger partial charge in [0.15, 0.2) is 0 Å². The molecule has 0 saturated heterocycles. The van der Waals surface area contributed by atoms with Crippen LogP contribution < -0.4 is 0 Å². The first-order valence-corrected chi connectivity index (χ1v) is 3.15. The van der Waals surface area contributed by atoms with Gasteiger partial charge in [0.2, 0.25) is 0 Å². The number of nitrogens with zero attached hydrogens (tertiary/aromatic N) is 1. The van der Waals surface area contributed by atoms with Crippen LogP contribution in [0.4, 0.5) is 4.39 Å². The molecule has 0 fully saturated rings. The third-order valence-electron chi connectivity index (χ3n) is 0.149. The lowest BCUT2D eigenvalue weighted by Crippen LogP contribution is -1.90. The molecule has 0 heterocycles. The van der Waals surface area contributed by atoms with Crippen molar-refractivity contribution in [2.75, 3.05) is 0 Å². The van der Waals surface area contributed by atoms with Crippen LogP contribution in [0.15, 0.2) is 3.77 Å². The van der Waals surface area contributed by atoms with Crippen LogP contribution in [0.3, 0.4) is 0 Å². The summed E-state index contributed by atoms with van der Waals surface area (Å²) in [4.78, 5) is 0. The van der Waals surface area contributed by atoms with E-state index in [4.69, 9.17) is 23.2 Å². The molecule has 0 radical (unpaired) electrons. The maximum Gasteiger partial charge on any atom is 0.325 e. The summed E-state index contributed by atoms with van der Waals surface area (Å²) < 4.78 is 12.5. The summed E-state index contributed by atoms with van der Waals surface area (Å²) >= 11 is 12.5. The van der Waals surface area contributed by atoms with Crippen molar-refractivity contribution in [3.8, 4) is 0 Å². The third kappa shape index (κ3) is 7.01. The van der Waals surface area contributed by atoms with E-state index in [1.807, 2.05) is 0 Å². The number of hydrogen-bond acceptors (Lipinski definition) is 2. The Morgan fingerprint density at radius 3 is 2.14 bits per heavy atom. The van der Waals surface area contributed by atoms with Crippen molar-refractivity contribution in [1.29, 1.82) is 0 Å². The normalized spacial score (nSPS) is 11.4. The Balaban J connectivity index is 3.34. The lowest BCUT2D eigenvalue weighted by Gasteiger charge is -1.99. The molecule has 6 heteroatoms. The van der Waals surface area contributed by atoms with Crippen LogP contribution >= 0.6 is 35.1 Å². The van der Waals surface area contributed by atoms with E-state index in [9.17, 15) is 4.39 Å². The van der Waals surface area contributed by atoms with E-state index < -0.39 is 3.92 Å². The highest BCUT2D eigenvalue weighted by atomic mass is 35.5. The van der Waals surface area contributed by atoms with Crippen molar-refractivity contribution in [1.82, 2.24) is 0 Å². The molecular formula is CH2Cl2FNS2. The topological polar surface area (TPSA) is 12.4 Å². The fourth-order valence-electron chi connectivity index (χ4n) is 0.0518. The molecule has 0 aliphatic carbocycles. The third-order valence-corrected chi connectivity index (χ3v) is 1.14. The minimum atomic E-state index is -2.30. The first kappa shape index (κ1) is 8.01. The molecule has 7 heavy (non-hydrogen) atoms. The second-order valence-electron chi connectivity index (χ2n) is 0.628. The van der Waals surface area contributed by atoms with Crippen LogP contribution in [-0.2, 0) is 12.4 Å². The van der Waals surface area contributed by atoms with Crippen LogP contribution in [-0.4, -0.2) is 3.92 Å². The van der Waals surface area contributed by atoms with E-state index in [0.29, 0.717) is 11.9 Å². The maximum absolute atomic E-state index is 11.8. The minimum absolute atomic E-state index is 0.391. The Morgan fingerprint density at radius 1 is 1.71 bits per heavy atom. The van der Waals surface area contributed by atoms with Crippen LogP contribution in [0.5, 0.6) is 0 Å². The molecule has 0 atom stereocenters. The molecule has 0 bridgehead atoms. The van der Waals surface area contributed by atoms with Crippen molar-refractivity contribution in [2.45, 2.75) is 3.92 Å². The highest BCUT2D eigenvalue weighted by Gasteiger charge is 2.21. The van der Waals surface area contributed by atoms with Crippen molar-refractivity contribution in [3.05, 3.63) is 0 Å². The van der Waals surface area contributed by atoms with Gasteiger partial charge in [0.05, 0.1) is 11.9 Å². The van der Waals surface area contributed by atoms with Crippen LogP contribution in [0.25, 0.3) is 0 Å². The van der Waals surface area contributed by atoms with Gasteiger partial charge in [0, 0.05) is 0 Å². The second kappa shape index (κ2) is 3.12. The first-order valence-electron chi connectivity index (χ1n) is 1.18. The molecule has 0 aliphatic heterocycles. The highest BCUT2D eigenvalue weighted by molar-refractivity contribution is 8.03. The average Bonchev–Trinajstić information content (AvgIpc) is 1.30. The van der Waals surface area contributed by atoms with Crippen molar-refractivity contribution < 1.29 is 4.39 Å². The SMILES string of the molecule is FC(Cl)(Cl)SN=[SH2]. The lowest BCUT2D eigenvalue weighted by atomic mass is 11.7. The fourth-order valence-corrected chi connectivity index (χ4v) is 1.09. The Labute approximate surface area is 59.9 Å². The Morgan fingerprint density at radius 2 is 2.14 bits per heavy atom. The van der Waals surface area contributed by atoms with Gasteiger partial charge in [-0.1, -0.05) is 23.2 Å². The summed E-state index contributed by atoms with van der Waals surface area (Å²) in [6.45, 7) is 0. The Hall–Kier alpha value is 1.01. The summed E-state index contributed by atoms with van der Waals surface area (Å²) in [6.07, 6.45) is 0. The zero-order valence-corrected chi connectivity index (χ0v) is 6.32. The fraction of sp³-hybridized carbons (Fsp3) is 1.00. The molecule has 0 rings (SSSR count). The molecule has 0 spiro atoms. The lowest BCUT2D eigenvalue weighted by molar-refractivity contribution is 0.516. The van der Waals surface area contributed by atoms with E-state index >= 15 is 0 Å². The highest BCUT2D eigenvalue weighted by Crippen LogP contribution is 2.36. The number of rotatable bonds is 2. The van der Waals surface area contributed by atoms with E-state index in [0.717, 1.165) is 0 Å². The van der Waals surface area contributed by atoms with Gasteiger partial charge in [-0.2, -0.15) is 8.16 Å². The number of alkyl halides is 3. The molecule has 0 unspecified atom stereocenters. The minimum Gasteiger partial charge on any atom is -0.195 e. The molecule has 44 valence electrons. The standard InChI is InChI=1S/CH2Cl2FNS2/c2-1(3,4)7-5-6/h6H2. The molecule has 0 aliphatic rings. The Bertz CT molecular complexity index is 70.6. The monoisotopic (exact) mass is 181 g/mol. The van der Waals surface area contributed by atoms with Crippen molar-refractivity contribution in [3.63, 3.8) is 0 Å². The number of halogens is 3. The van der Waals surface area contributed by atoms with Gasteiger partial charge >= 0.3 is 3.92 Å². The van der Waals surface area contributed by atoms with Gasteiger partial charge in [0.1, 0.15) is 0 Å². The molecular weight excluding hydrogens is 180 g/mol. The molecule has 0 N–H and O–H groups in total. The quantitative estimate of drug-likeness (QED) is 0.469. The largest absolute Gasteiger partial charge is 0.325 e. The van der Waals surface area contributed by atoms with Gasteiger partial charge in [-0.05, 0) is 0 Å². The predicted octanol–water partition coefficient (Wildman–Crippen LogP) is 1.89. The molecule has 0 saturated carbocycles. The molecule has 0 aromatic rings. The molecule has 1 nitrogen and oxygen atoms in total. The van der Waals surface area contributed by atoms with Crippen LogP contribution in [0, 0.1) is 0 Å². The molecule has 0 aromatic carbocycles. The Kier molecular flexibility index (Phi) is 3.57. The maximum atomic E-state index is 11.8. The van der Waals surface area contributed by atoms with Crippen molar-refractivity contribution >= 4 is 47.6 Å². The van der Waals surface area contributed by atoms with Gasteiger partial charge in [0.25, 0.3) is 0 Å². The summed E-state index contributed by atoms with van der Waals surface area (Å²) in [6, 6.07) is 0. The van der Waals surface area contributed by atoms with E-state index in [-0.39, 0.29) is 0 Å². The predicted molar refractivity (Wildman–Crippen MR) is 35.7 cm³/mol. The van der Waals surface area contributed by atoms with E-state index in [1.165, 1.54) is 0 Å².